The van der Waals surface area contributed by atoms with Gasteiger partial charge < -0.3 is 10.1 Å². The van der Waals surface area contributed by atoms with Crippen LogP contribution < -0.4 is 10.1 Å². The summed E-state index contributed by atoms with van der Waals surface area (Å²) >= 11 is 0. The number of ether oxygens (including phenoxy) is 1. The van der Waals surface area contributed by atoms with Gasteiger partial charge in [0, 0.05) is 18.3 Å². The summed E-state index contributed by atoms with van der Waals surface area (Å²) in [6, 6.07) is 15.2. The van der Waals surface area contributed by atoms with Gasteiger partial charge in [0.1, 0.15) is 12.4 Å². The van der Waals surface area contributed by atoms with Crippen LogP contribution in [-0.4, -0.2) is 25.9 Å². The van der Waals surface area contributed by atoms with Gasteiger partial charge in [0.15, 0.2) is 0 Å². The monoisotopic (exact) mass is 304 g/mol. The fourth-order valence-electron chi connectivity index (χ4n) is 4.22. The third kappa shape index (κ3) is 1.89. The van der Waals surface area contributed by atoms with Crippen molar-refractivity contribution >= 4 is 11.9 Å². The molecule has 3 nitrogen and oxygen atoms in total. The van der Waals surface area contributed by atoms with Crippen molar-refractivity contribution in [1.29, 1.82) is 0 Å². The van der Waals surface area contributed by atoms with E-state index in [2.05, 4.69) is 59.0 Å². The van der Waals surface area contributed by atoms with E-state index in [1.54, 1.807) is 0 Å². The molecule has 0 aromatic heterocycles. The second-order valence-electron chi connectivity index (χ2n) is 6.83. The molecule has 2 atom stereocenters. The Morgan fingerprint density at radius 2 is 2.09 bits per heavy atom. The molecular weight excluding hydrogens is 284 g/mol. The Hall–Kier alpha value is -2.13. The SMILES string of the molecule is C1=Nc2ccccc2C12COc1ccc(C3CCCNC3)cc12. The largest absolute Gasteiger partial charge is 0.492 e. The number of nitrogens with zero attached hydrogens (tertiary/aromatic N) is 1. The molecule has 3 aliphatic heterocycles. The van der Waals surface area contributed by atoms with Crippen molar-refractivity contribution in [2.24, 2.45) is 4.99 Å². The minimum absolute atomic E-state index is 0.190. The van der Waals surface area contributed by atoms with Crippen molar-refractivity contribution in [3.8, 4) is 5.75 Å². The quantitative estimate of drug-likeness (QED) is 0.874. The van der Waals surface area contributed by atoms with Crippen LogP contribution in [0, 0.1) is 0 Å². The molecule has 23 heavy (non-hydrogen) atoms. The van der Waals surface area contributed by atoms with Gasteiger partial charge in [-0.15, -0.1) is 0 Å². The van der Waals surface area contributed by atoms with Crippen molar-refractivity contribution in [1.82, 2.24) is 5.32 Å². The zero-order valence-corrected chi connectivity index (χ0v) is 13.1. The van der Waals surface area contributed by atoms with E-state index in [0.29, 0.717) is 12.5 Å². The molecule has 0 aliphatic carbocycles. The van der Waals surface area contributed by atoms with Crippen LogP contribution in [0.1, 0.15) is 35.4 Å². The Morgan fingerprint density at radius 3 is 3.00 bits per heavy atom. The molecule has 1 saturated heterocycles. The Bertz CT molecular complexity index is 792. The van der Waals surface area contributed by atoms with E-state index in [1.165, 1.54) is 29.5 Å². The number of hydrogen-bond donors (Lipinski definition) is 1. The van der Waals surface area contributed by atoms with Gasteiger partial charge in [-0.1, -0.05) is 30.3 Å². The highest BCUT2D eigenvalue weighted by Crippen LogP contribution is 2.49. The molecule has 1 N–H and O–H groups in total. The van der Waals surface area contributed by atoms with Crippen LogP contribution in [0.25, 0.3) is 0 Å². The molecule has 2 unspecified atom stereocenters. The maximum Gasteiger partial charge on any atom is 0.124 e. The summed E-state index contributed by atoms with van der Waals surface area (Å²) in [5, 5.41) is 3.52. The molecule has 3 heterocycles. The average molecular weight is 304 g/mol. The van der Waals surface area contributed by atoms with Crippen LogP contribution in [0.5, 0.6) is 5.75 Å². The van der Waals surface area contributed by atoms with Crippen LogP contribution >= 0.6 is 0 Å². The third-order valence-corrected chi connectivity index (χ3v) is 5.52. The van der Waals surface area contributed by atoms with Crippen molar-refractivity contribution < 1.29 is 4.74 Å². The van der Waals surface area contributed by atoms with Gasteiger partial charge in [0.2, 0.25) is 0 Å². The van der Waals surface area contributed by atoms with E-state index in [0.717, 1.165) is 24.5 Å². The lowest BCUT2D eigenvalue weighted by Gasteiger charge is -2.25. The molecular formula is C20H20N2O. The van der Waals surface area contributed by atoms with Crippen molar-refractivity contribution in [3.05, 3.63) is 59.2 Å². The van der Waals surface area contributed by atoms with E-state index in [-0.39, 0.29) is 5.41 Å². The zero-order chi connectivity index (χ0) is 15.3. The van der Waals surface area contributed by atoms with Gasteiger partial charge in [-0.05, 0) is 48.6 Å². The number of benzene rings is 2. The van der Waals surface area contributed by atoms with Crippen LogP contribution in [-0.2, 0) is 5.41 Å². The lowest BCUT2D eigenvalue weighted by atomic mass is 9.76. The van der Waals surface area contributed by atoms with E-state index in [9.17, 15) is 0 Å². The molecule has 3 heteroatoms. The maximum atomic E-state index is 6.03. The molecule has 116 valence electrons. The van der Waals surface area contributed by atoms with Crippen LogP contribution in [0.3, 0.4) is 0 Å². The standard InChI is InChI=1S/C20H20N2O/c1-2-6-18-16(5-1)20(12-22-18)13-23-19-8-7-14(10-17(19)20)15-4-3-9-21-11-15/h1-2,5-8,10,12,15,21H,3-4,9,11,13H2. The first-order valence-corrected chi connectivity index (χ1v) is 8.49. The molecule has 0 saturated carbocycles. The van der Waals surface area contributed by atoms with Crippen molar-refractivity contribution in [2.45, 2.75) is 24.2 Å². The number of hydrogen-bond acceptors (Lipinski definition) is 3. The number of piperidine rings is 1. The van der Waals surface area contributed by atoms with Gasteiger partial charge >= 0.3 is 0 Å². The van der Waals surface area contributed by atoms with Crippen molar-refractivity contribution in [3.63, 3.8) is 0 Å². The molecule has 1 fully saturated rings. The summed E-state index contributed by atoms with van der Waals surface area (Å²) < 4.78 is 6.03. The Balaban J connectivity index is 1.62. The number of para-hydroxylation sites is 1. The molecule has 2 aromatic carbocycles. The van der Waals surface area contributed by atoms with E-state index >= 15 is 0 Å². The highest BCUT2D eigenvalue weighted by Gasteiger charge is 2.45. The topological polar surface area (TPSA) is 33.6 Å². The van der Waals surface area contributed by atoms with E-state index < -0.39 is 0 Å². The molecule has 5 rings (SSSR count). The summed E-state index contributed by atoms with van der Waals surface area (Å²) in [6.45, 7) is 2.89. The van der Waals surface area contributed by atoms with Gasteiger partial charge in [-0.2, -0.15) is 0 Å². The van der Waals surface area contributed by atoms with Crippen LogP contribution in [0.15, 0.2) is 47.5 Å². The van der Waals surface area contributed by atoms with Crippen molar-refractivity contribution in [2.75, 3.05) is 19.7 Å². The Kier molecular flexibility index (Phi) is 2.86. The van der Waals surface area contributed by atoms with Gasteiger partial charge in [0.25, 0.3) is 0 Å². The minimum Gasteiger partial charge on any atom is -0.492 e. The lowest BCUT2D eigenvalue weighted by Crippen LogP contribution is -2.30. The molecule has 0 bridgehead atoms. The Labute approximate surface area is 136 Å². The van der Waals surface area contributed by atoms with E-state index in [1.807, 2.05) is 0 Å². The molecule has 0 radical (unpaired) electrons. The predicted molar refractivity (Wildman–Crippen MR) is 92.2 cm³/mol. The minimum atomic E-state index is -0.190. The first-order valence-electron chi connectivity index (χ1n) is 8.49. The maximum absolute atomic E-state index is 6.03. The van der Waals surface area contributed by atoms with Gasteiger partial charge in [-0.3, -0.25) is 4.99 Å². The number of rotatable bonds is 1. The molecule has 3 aliphatic rings. The number of fused-ring (bicyclic) bond motifs is 4. The van der Waals surface area contributed by atoms with Gasteiger partial charge in [-0.25, -0.2) is 0 Å². The summed E-state index contributed by atoms with van der Waals surface area (Å²) in [5.41, 5.74) is 4.88. The first-order chi connectivity index (χ1) is 11.4. The van der Waals surface area contributed by atoms with Crippen LogP contribution in [0.4, 0.5) is 5.69 Å². The molecule has 0 amide bonds. The number of aliphatic imine (C=N–C) groups is 1. The summed E-state index contributed by atoms with van der Waals surface area (Å²) in [7, 11) is 0. The highest BCUT2D eigenvalue weighted by molar-refractivity contribution is 5.91. The fourth-order valence-corrected chi connectivity index (χ4v) is 4.22. The zero-order valence-electron chi connectivity index (χ0n) is 13.1. The van der Waals surface area contributed by atoms with E-state index in [4.69, 9.17) is 4.74 Å². The predicted octanol–water partition coefficient (Wildman–Crippen LogP) is 3.55. The van der Waals surface area contributed by atoms with Gasteiger partial charge in [0.05, 0.1) is 11.1 Å². The molecule has 2 aromatic rings. The molecule has 1 spiro atoms. The smallest absolute Gasteiger partial charge is 0.124 e. The first kappa shape index (κ1) is 13.3. The second-order valence-corrected chi connectivity index (χ2v) is 6.83. The third-order valence-electron chi connectivity index (χ3n) is 5.52. The summed E-state index contributed by atoms with van der Waals surface area (Å²) in [4.78, 5) is 4.66. The normalized spacial score (nSPS) is 27.7. The fraction of sp³-hybridized carbons (Fsp3) is 0.350. The van der Waals surface area contributed by atoms with Crippen LogP contribution in [0.2, 0.25) is 0 Å². The average Bonchev–Trinajstić information content (AvgIpc) is 3.19. The summed E-state index contributed by atoms with van der Waals surface area (Å²) in [6.07, 6.45) is 4.62. The lowest BCUT2D eigenvalue weighted by molar-refractivity contribution is 0.328. The Morgan fingerprint density at radius 1 is 1.13 bits per heavy atom. The second kappa shape index (κ2) is 4.93. The summed E-state index contributed by atoms with van der Waals surface area (Å²) in [5.74, 6) is 1.63. The highest BCUT2D eigenvalue weighted by atomic mass is 16.5. The number of nitrogens with one attached hydrogen (secondary N) is 1.